The van der Waals surface area contributed by atoms with E-state index in [1.54, 1.807) is 6.92 Å². The van der Waals surface area contributed by atoms with E-state index in [9.17, 15) is 13.6 Å². The number of rotatable bonds is 6. The lowest BCUT2D eigenvalue weighted by Gasteiger charge is -2.28. The van der Waals surface area contributed by atoms with Gasteiger partial charge in [-0.2, -0.15) is 0 Å². The summed E-state index contributed by atoms with van der Waals surface area (Å²) in [6.07, 6.45) is 2.00. The molecule has 5 nitrogen and oxygen atoms in total. The smallest absolute Gasteiger partial charge is 0.216 e. The molecule has 1 unspecified atom stereocenters. The number of nitrogens with one attached hydrogen (secondary N) is 2. The van der Waals surface area contributed by atoms with Crippen molar-refractivity contribution in [1.29, 1.82) is 0 Å². The van der Waals surface area contributed by atoms with Crippen molar-refractivity contribution in [2.24, 2.45) is 5.41 Å². The first-order valence-electron chi connectivity index (χ1n) is 12.2. The summed E-state index contributed by atoms with van der Waals surface area (Å²) in [7, 11) is 1.00. The number of carbonyl (C=O) groups is 1. The molecule has 0 radical (unpaired) electrons. The predicted octanol–water partition coefficient (Wildman–Crippen LogP) is 5.56. The average Bonchev–Trinajstić information content (AvgIpc) is 2.81. The zero-order chi connectivity index (χ0) is 26.9. The zero-order valence-electron chi connectivity index (χ0n) is 22.4. The monoisotopic (exact) mass is 494 g/mol. The van der Waals surface area contributed by atoms with Crippen LogP contribution in [0.4, 0.5) is 8.78 Å². The molecule has 0 saturated heterocycles. The summed E-state index contributed by atoms with van der Waals surface area (Å²) >= 11 is 0. The van der Waals surface area contributed by atoms with Gasteiger partial charge >= 0.3 is 0 Å². The van der Waals surface area contributed by atoms with Crippen molar-refractivity contribution < 1.29 is 23.4 Å². The third kappa shape index (κ3) is 14.6. The molecule has 2 aromatic rings. The van der Waals surface area contributed by atoms with Crippen LogP contribution >= 0.6 is 0 Å². The van der Waals surface area contributed by atoms with E-state index < -0.39 is 11.6 Å². The van der Waals surface area contributed by atoms with Crippen molar-refractivity contribution in [1.82, 2.24) is 10.6 Å². The molecule has 1 aliphatic heterocycles. The third-order valence-corrected chi connectivity index (χ3v) is 4.77. The molecule has 3 N–H and O–H groups in total. The second-order valence-electron chi connectivity index (χ2n) is 9.07. The molecule has 198 valence electrons. The van der Waals surface area contributed by atoms with E-state index >= 15 is 0 Å². The first kappa shape index (κ1) is 32.6. The van der Waals surface area contributed by atoms with Crippen LogP contribution in [0.15, 0.2) is 42.5 Å². The van der Waals surface area contributed by atoms with Crippen LogP contribution in [0.3, 0.4) is 0 Å². The molecule has 2 aromatic carbocycles. The molecule has 0 aliphatic carbocycles. The quantitative estimate of drug-likeness (QED) is 0.460. The largest absolute Gasteiger partial charge is 0.400 e. The number of aliphatic hydroxyl groups is 1. The fourth-order valence-electron chi connectivity index (χ4n) is 3.46. The highest BCUT2D eigenvalue weighted by atomic mass is 19.1. The lowest BCUT2D eigenvalue weighted by atomic mass is 9.86. The first-order chi connectivity index (χ1) is 16.6. The molecule has 3 rings (SSSR count). The molecule has 7 heteroatoms. The zero-order valence-corrected chi connectivity index (χ0v) is 22.4. The molecular weight excluding hydrogens is 450 g/mol. The van der Waals surface area contributed by atoms with Crippen LogP contribution in [0, 0.1) is 17.0 Å². The summed E-state index contributed by atoms with van der Waals surface area (Å²) in [5, 5.41) is 13.4. The summed E-state index contributed by atoms with van der Waals surface area (Å²) in [5.41, 5.74) is 4.34. The number of halogens is 2. The second kappa shape index (κ2) is 18.0. The maximum Gasteiger partial charge on any atom is 0.216 e. The van der Waals surface area contributed by atoms with Gasteiger partial charge in [-0.15, -0.1) is 0 Å². The Morgan fingerprint density at radius 2 is 1.69 bits per heavy atom. The number of benzene rings is 2. The second-order valence-corrected chi connectivity index (χ2v) is 9.07. The summed E-state index contributed by atoms with van der Waals surface area (Å²) in [5.74, 6) is -1.04. The predicted molar refractivity (Wildman–Crippen MR) is 139 cm³/mol. The van der Waals surface area contributed by atoms with Gasteiger partial charge in [-0.25, -0.2) is 8.78 Å². The molecular formula is C28H44F2N2O3. The van der Waals surface area contributed by atoms with E-state index in [0.29, 0.717) is 25.2 Å². The Bertz CT molecular complexity index is 837. The van der Waals surface area contributed by atoms with E-state index in [1.165, 1.54) is 34.9 Å². The van der Waals surface area contributed by atoms with Gasteiger partial charge < -0.3 is 20.5 Å². The number of aliphatic hydroxyl groups excluding tert-OH is 1. The maximum atomic E-state index is 11.9. The summed E-state index contributed by atoms with van der Waals surface area (Å²) in [4.78, 5) is 10.9. The molecule has 0 spiro atoms. The van der Waals surface area contributed by atoms with Crippen LogP contribution in [-0.4, -0.2) is 37.8 Å². The lowest BCUT2D eigenvalue weighted by Crippen LogP contribution is -2.32. The summed E-state index contributed by atoms with van der Waals surface area (Å²) in [6, 6.07) is 11.6. The SMILES string of the molecule is CC.CC(=O)NCCCNC1COCc2ccc(CC(C)(C)C)cc21.CO.Fc1cccc(F)c1. The highest BCUT2D eigenvalue weighted by molar-refractivity contribution is 5.72. The van der Waals surface area contributed by atoms with E-state index in [-0.39, 0.29) is 11.9 Å². The first-order valence-corrected chi connectivity index (χ1v) is 12.2. The van der Waals surface area contributed by atoms with Crippen molar-refractivity contribution >= 4 is 5.91 Å². The molecule has 35 heavy (non-hydrogen) atoms. The Morgan fingerprint density at radius 3 is 2.20 bits per heavy atom. The topological polar surface area (TPSA) is 70.6 Å². The fraction of sp³-hybridized carbons (Fsp3) is 0.536. The van der Waals surface area contributed by atoms with Crippen molar-refractivity contribution in [2.45, 2.75) is 67.0 Å². The molecule has 1 amide bonds. The van der Waals surface area contributed by atoms with Gasteiger partial charge in [0.1, 0.15) is 11.6 Å². The van der Waals surface area contributed by atoms with Crippen LogP contribution in [0.5, 0.6) is 0 Å². The van der Waals surface area contributed by atoms with Crippen molar-refractivity contribution in [3.05, 3.63) is 70.8 Å². The van der Waals surface area contributed by atoms with Crippen molar-refractivity contribution in [3.8, 4) is 0 Å². The molecule has 0 saturated carbocycles. The number of carbonyl (C=O) groups excluding carboxylic acids is 1. The van der Waals surface area contributed by atoms with Gasteiger partial charge in [0.2, 0.25) is 5.91 Å². The minimum Gasteiger partial charge on any atom is -0.400 e. The number of ether oxygens (including phenoxy) is 1. The highest BCUT2D eigenvalue weighted by Gasteiger charge is 2.21. The van der Waals surface area contributed by atoms with E-state index in [1.807, 2.05) is 13.8 Å². The summed E-state index contributed by atoms with van der Waals surface area (Å²) < 4.78 is 29.6. The highest BCUT2D eigenvalue weighted by Crippen LogP contribution is 2.28. The van der Waals surface area contributed by atoms with Crippen LogP contribution in [0.25, 0.3) is 0 Å². The maximum absolute atomic E-state index is 11.9. The number of hydrogen-bond donors (Lipinski definition) is 3. The Hall–Kier alpha value is -2.35. The van der Waals surface area contributed by atoms with Crippen LogP contribution < -0.4 is 10.6 Å². The lowest BCUT2D eigenvalue weighted by molar-refractivity contribution is -0.118. The molecule has 1 atom stereocenters. The van der Waals surface area contributed by atoms with Crippen LogP contribution in [0.2, 0.25) is 0 Å². The van der Waals surface area contributed by atoms with Crippen LogP contribution in [0.1, 0.15) is 70.7 Å². The third-order valence-electron chi connectivity index (χ3n) is 4.77. The number of amides is 1. The van der Waals surface area contributed by atoms with Gasteiger partial charge in [0.05, 0.1) is 19.3 Å². The van der Waals surface area contributed by atoms with Gasteiger partial charge in [0.25, 0.3) is 0 Å². The minimum absolute atomic E-state index is 0.0307. The van der Waals surface area contributed by atoms with Gasteiger partial charge in [-0.3, -0.25) is 4.79 Å². The number of hydrogen-bond acceptors (Lipinski definition) is 4. The Morgan fingerprint density at radius 1 is 1.06 bits per heavy atom. The Balaban J connectivity index is 0.000000801. The summed E-state index contributed by atoms with van der Waals surface area (Å²) in [6.45, 7) is 15.4. The van der Waals surface area contributed by atoms with Gasteiger partial charge in [-0.1, -0.05) is 58.9 Å². The Labute approximate surface area is 210 Å². The van der Waals surface area contributed by atoms with Gasteiger partial charge in [0, 0.05) is 26.6 Å². The number of fused-ring (bicyclic) bond motifs is 1. The van der Waals surface area contributed by atoms with E-state index in [0.717, 1.165) is 32.6 Å². The van der Waals surface area contributed by atoms with E-state index in [2.05, 4.69) is 49.6 Å². The molecule has 0 bridgehead atoms. The van der Waals surface area contributed by atoms with Crippen LogP contribution in [-0.2, 0) is 22.6 Å². The standard InChI is InChI=1S/C19H30N2O2.C6H4F2.C2H6.CH4O/c1-14(22)20-8-5-9-21-18-13-23-12-16-7-6-15(10-17(16)18)11-19(2,3)4;7-5-2-1-3-6(8)4-5;2*1-2/h6-7,10,18,21H,5,8-9,11-13H2,1-4H3,(H,20,22);1-4H;1-2H3;2H,1H3. The fourth-order valence-corrected chi connectivity index (χ4v) is 3.46. The normalized spacial score (nSPS) is 14.1. The van der Waals surface area contributed by atoms with Gasteiger partial charge in [0.15, 0.2) is 0 Å². The molecule has 1 aliphatic rings. The minimum atomic E-state index is -0.537. The van der Waals surface area contributed by atoms with Gasteiger partial charge in [-0.05, 0) is 53.6 Å². The average molecular weight is 495 g/mol. The Kier molecular flexibility index (Phi) is 16.8. The van der Waals surface area contributed by atoms with E-state index in [4.69, 9.17) is 9.84 Å². The van der Waals surface area contributed by atoms with Crippen molar-refractivity contribution in [3.63, 3.8) is 0 Å². The molecule has 0 aromatic heterocycles. The van der Waals surface area contributed by atoms with Crippen molar-refractivity contribution in [2.75, 3.05) is 26.8 Å². The molecule has 1 heterocycles. The molecule has 0 fully saturated rings.